The summed E-state index contributed by atoms with van der Waals surface area (Å²) in [5.74, 6) is 1.34. The van der Waals surface area contributed by atoms with Gasteiger partial charge in [0.25, 0.3) is 0 Å². The number of allylic oxidation sites excluding steroid dienone is 2. The topological polar surface area (TPSA) is 86.7 Å². The summed E-state index contributed by atoms with van der Waals surface area (Å²) in [4.78, 5) is 4.08. The van der Waals surface area contributed by atoms with E-state index in [9.17, 15) is 8.42 Å². The van der Waals surface area contributed by atoms with Crippen LogP contribution in [0.4, 0.5) is 0 Å². The van der Waals surface area contributed by atoms with Gasteiger partial charge in [-0.3, -0.25) is 4.99 Å². The summed E-state index contributed by atoms with van der Waals surface area (Å²) >= 11 is 0. The van der Waals surface area contributed by atoms with E-state index < -0.39 is 9.84 Å². The van der Waals surface area contributed by atoms with E-state index in [0.29, 0.717) is 30.3 Å². The molecule has 0 atom stereocenters. The second-order valence-corrected chi connectivity index (χ2v) is 8.07. The van der Waals surface area contributed by atoms with Gasteiger partial charge in [-0.1, -0.05) is 12.6 Å². The van der Waals surface area contributed by atoms with E-state index in [1.54, 1.807) is 19.2 Å². The molecule has 2 N–H and O–H groups in total. The molecule has 0 aliphatic carbocycles. The van der Waals surface area contributed by atoms with Gasteiger partial charge in [-0.05, 0) is 37.6 Å². The molecule has 0 spiro atoms. The summed E-state index contributed by atoms with van der Waals surface area (Å²) in [5.41, 5.74) is 7.71. The number of nitrogens with two attached hydrogens (primary N) is 1. The Hall–Kier alpha value is -2.54. The molecule has 0 bridgehead atoms. The van der Waals surface area contributed by atoms with Crippen LogP contribution in [0.1, 0.15) is 13.3 Å². The van der Waals surface area contributed by atoms with Crippen molar-refractivity contribution < 1.29 is 13.2 Å². The minimum absolute atomic E-state index is 0.113. The first kappa shape index (κ1) is 18.8. The molecule has 0 saturated heterocycles. The van der Waals surface area contributed by atoms with Crippen molar-refractivity contribution in [1.82, 2.24) is 4.57 Å². The molecule has 0 saturated carbocycles. The lowest BCUT2D eigenvalue weighted by atomic mass is 10.2. The molecule has 0 amide bonds. The summed E-state index contributed by atoms with van der Waals surface area (Å²) < 4.78 is 29.9. The fourth-order valence-electron chi connectivity index (χ4n) is 2.31. The molecular formula is C18H23N3O3S. The number of benzene rings is 1. The predicted molar refractivity (Wildman–Crippen MR) is 104 cm³/mol. The summed E-state index contributed by atoms with van der Waals surface area (Å²) in [7, 11) is -2.97. The number of fused-ring (bicyclic) bond motifs is 1. The molecular weight excluding hydrogens is 338 g/mol. The summed E-state index contributed by atoms with van der Waals surface area (Å²) in [5, 5.41) is 0.912. The van der Waals surface area contributed by atoms with E-state index in [4.69, 9.17) is 10.5 Å². The third-order valence-corrected chi connectivity index (χ3v) is 4.46. The number of hydrogen-bond acceptors (Lipinski definition) is 5. The van der Waals surface area contributed by atoms with Gasteiger partial charge < -0.3 is 15.0 Å². The first-order valence-corrected chi connectivity index (χ1v) is 9.90. The highest BCUT2D eigenvalue weighted by Crippen LogP contribution is 2.27. The maximum atomic E-state index is 11.2. The Balaban J connectivity index is 2.17. The Labute approximate surface area is 148 Å². The van der Waals surface area contributed by atoms with Crippen LogP contribution in [0.3, 0.4) is 0 Å². The van der Waals surface area contributed by atoms with Crippen molar-refractivity contribution in [3.05, 3.63) is 48.8 Å². The van der Waals surface area contributed by atoms with Crippen LogP contribution in [-0.2, 0) is 9.84 Å². The Bertz CT molecular complexity index is 924. The second-order valence-electron chi connectivity index (χ2n) is 5.81. The molecule has 0 fully saturated rings. The first-order chi connectivity index (χ1) is 11.8. The molecule has 1 heterocycles. The van der Waals surface area contributed by atoms with Crippen LogP contribution in [-0.4, -0.2) is 37.8 Å². The molecule has 2 aromatic rings. The molecule has 6 nitrogen and oxygen atoms in total. The molecule has 0 radical (unpaired) electrons. The summed E-state index contributed by atoms with van der Waals surface area (Å²) in [6.45, 7) is 5.84. The predicted octanol–water partition coefficient (Wildman–Crippen LogP) is 2.82. The van der Waals surface area contributed by atoms with Crippen molar-refractivity contribution in [3.8, 4) is 5.75 Å². The molecule has 25 heavy (non-hydrogen) atoms. The quantitative estimate of drug-likeness (QED) is 0.578. The highest BCUT2D eigenvalue weighted by atomic mass is 32.2. The van der Waals surface area contributed by atoms with Crippen LogP contribution in [0, 0.1) is 0 Å². The number of sulfone groups is 1. The van der Waals surface area contributed by atoms with Gasteiger partial charge in [-0.2, -0.15) is 0 Å². The molecule has 0 aliphatic heterocycles. The van der Waals surface area contributed by atoms with Crippen LogP contribution in [0.25, 0.3) is 16.7 Å². The highest BCUT2D eigenvalue weighted by Gasteiger charge is 2.08. The van der Waals surface area contributed by atoms with Crippen LogP contribution in [0.5, 0.6) is 5.75 Å². The SMILES string of the molecule is C=C(C)/N=C\C=C(/N)n1ccc2c(OCCCS(C)(=O)=O)cccc21. The van der Waals surface area contributed by atoms with E-state index in [2.05, 4.69) is 11.6 Å². The number of aromatic nitrogens is 1. The van der Waals surface area contributed by atoms with Gasteiger partial charge in [0.15, 0.2) is 0 Å². The van der Waals surface area contributed by atoms with Gasteiger partial charge in [0.05, 0.1) is 17.9 Å². The third kappa shape index (κ3) is 5.49. The normalized spacial score (nSPS) is 12.8. The fourth-order valence-corrected chi connectivity index (χ4v) is 2.96. The van der Waals surface area contributed by atoms with Crippen molar-refractivity contribution in [2.75, 3.05) is 18.6 Å². The maximum Gasteiger partial charge on any atom is 0.147 e. The average Bonchev–Trinajstić information content (AvgIpc) is 2.95. The maximum absolute atomic E-state index is 11.2. The summed E-state index contributed by atoms with van der Waals surface area (Å²) in [6.07, 6.45) is 6.84. The Morgan fingerprint density at radius 2 is 2.16 bits per heavy atom. The van der Waals surface area contributed by atoms with E-state index in [-0.39, 0.29) is 5.75 Å². The Morgan fingerprint density at radius 1 is 1.40 bits per heavy atom. The zero-order valence-corrected chi connectivity index (χ0v) is 15.3. The highest BCUT2D eigenvalue weighted by molar-refractivity contribution is 7.90. The van der Waals surface area contributed by atoms with Crippen molar-refractivity contribution in [1.29, 1.82) is 0 Å². The van der Waals surface area contributed by atoms with Crippen molar-refractivity contribution in [3.63, 3.8) is 0 Å². The molecule has 0 unspecified atom stereocenters. The third-order valence-electron chi connectivity index (χ3n) is 3.43. The van der Waals surface area contributed by atoms with Crippen molar-refractivity contribution in [2.24, 2.45) is 10.7 Å². The molecule has 1 aromatic heterocycles. The molecule has 1 aromatic carbocycles. The van der Waals surface area contributed by atoms with Crippen LogP contribution < -0.4 is 10.5 Å². The Morgan fingerprint density at radius 3 is 2.84 bits per heavy atom. The minimum Gasteiger partial charge on any atom is -0.493 e. The smallest absolute Gasteiger partial charge is 0.147 e. The lowest BCUT2D eigenvalue weighted by Crippen LogP contribution is -2.08. The molecule has 134 valence electrons. The van der Waals surface area contributed by atoms with Crippen LogP contribution >= 0.6 is 0 Å². The largest absolute Gasteiger partial charge is 0.493 e. The van der Waals surface area contributed by atoms with E-state index in [1.807, 2.05) is 35.0 Å². The minimum atomic E-state index is -2.97. The van der Waals surface area contributed by atoms with Gasteiger partial charge in [0, 0.05) is 29.8 Å². The lowest BCUT2D eigenvalue weighted by Gasteiger charge is -2.09. The van der Waals surface area contributed by atoms with Crippen molar-refractivity contribution >= 4 is 32.8 Å². The Kier molecular flexibility index (Phi) is 6.03. The lowest BCUT2D eigenvalue weighted by molar-refractivity contribution is 0.321. The van der Waals surface area contributed by atoms with Gasteiger partial charge in [-0.15, -0.1) is 0 Å². The summed E-state index contributed by atoms with van der Waals surface area (Å²) in [6, 6.07) is 7.59. The van der Waals surface area contributed by atoms with E-state index in [1.165, 1.54) is 6.26 Å². The van der Waals surface area contributed by atoms with Gasteiger partial charge in [0.2, 0.25) is 0 Å². The van der Waals surface area contributed by atoms with Gasteiger partial charge in [0.1, 0.15) is 21.4 Å². The number of hydrogen-bond donors (Lipinski definition) is 1. The monoisotopic (exact) mass is 361 g/mol. The number of rotatable bonds is 8. The fraction of sp³-hybridized carbons (Fsp3) is 0.278. The zero-order chi connectivity index (χ0) is 18.4. The molecule has 0 aliphatic rings. The first-order valence-electron chi connectivity index (χ1n) is 7.84. The van der Waals surface area contributed by atoms with E-state index in [0.717, 1.165) is 10.9 Å². The zero-order valence-electron chi connectivity index (χ0n) is 14.5. The molecule has 2 rings (SSSR count). The van der Waals surface area contributed by atoms with Gasteiger partial charge in [-0.25, -0.2) is 8.42 Å². The van der Waals surface area contributed by atoms with Crippen LogP contribution in [0.2, 0.25) is 0 Å². The van der Waals surface area contributed by atoms with Gasteiger partial charge >= 0.3 is 0 Å². The number of nitrogens with zero attached hydrogens (tertiary/aromatic N) is 2. The van der Waals surface area contributed by atoms with Crippen LogP contribution in [0.15, 0.2) is 53.8 Å². The number of aliphatic imine (C=N–C) groups is 1. The van der Waals surface area contributed by atoms with Crippen molar-refractivity contribution in [2.45, 2.75) is 13.3 Å². The molecule has 7 heteroatoms. The second kappa shape index (κ2) is 8.02. The van der Waals surface area contributed by atoms with E-state index >= 15 is 0 Å². The standard InChI is InChI=1S/C18H23N3O3S/c1-14(2)20-10-8-18(19)21-11-9-15-16(21)6-4-7-17(15)24-12-5-13-25(3,22)23/h4,6-11H,1,5,12-13,19H2,2-3H3/b18-8+,20-10-. The number of ether oxygens (including phenoxy) is 1. The average molecular weight is 361 g/mol.